The molecule has 21 heavy (non-hydrogen) atoms. The maximum atomic E-state index is 13.5. The number of hydrogen-bond acceptors (Lipinski definition) is 3. The van der Waals surface area contributed by atoms with Gasteiger partial charge in [0.15, 0.2) is 11.6 Å². The topological polar surface area (TPSA) is 41.5 Å². The van der Waals surface area contributed by atoms with Gasteiger partial charge >= 0.3 is 0 Å². The lowest BCUT2D eigenvalue weighted by Crippen LogP contribution is -2.26. The van der Waals surface area contributed by atoms with E-state index in [2.05, 4.69) is 21.2 Å². The van der Waals surface area contributed by atoms with Crippen LogP contribution in [0.25, 0.3) is 0 Å². The van der Waals surface area contributed by atoms with E-state index in [0.717, 1.165) is 4.47 Å². The maximum absolute atomic E-state index is 13.5. The van der Waals surface area contributed by atoms with Crippen LogP contribution in [0, 0.1) is 11.6 Å². The van der Waals surface area contributed by atoms with Gasteiger partial charge in [0.05, 0.1) is 5.69 Å². The van der Waals surface area contributed by atoms with Crippen LogP contribution < -0.4 is 10.1 Å². The molecule has 6 heteroatoms. The molecule has 3 nitrogen and oxygen atoms in total. The molecular formula is C15H14BrF2NO2. The summed E-state index contributed by atoms with van der Waals surface area (Å²) < 4.78 is 32.7. The molecule has 0 saturated carbocycles. The van der Waals surface area contributed by atoms with Crippen LogP contribution in [0.5, 0.6) is 5.75 Å². The average Bonchev–Trinajstić information content (AvgIpc) is 2.47. The Bertz CT molecular complexity index is 610. The highest BCUT2D eigenvalue weighted by Crippen LogP contribution is 2.20. The molecule has 0 saturated heterocycles. The third-order valence-electron chi connectivity index (χ3n) is 2.72. The fraction of sp³-hybridized carbons (Fsp3) is 0.200. The third-order valence-corrected chi connectivity index (χ3v) is 3.22. The van der Waals surface area contributed by atoms with Crippen molar-refractivity contribution in [1.29, 1.82) is 0 Å². The summed E-state index contributed by atoms with van der Waals surface area (Å²) in [5.41, 5.74) is 0.273. The van der Waals surface area contributed by atoms with Crippen LogP contribution >= 0.6 is 15.9 Å². The highest BCUT2D eigenvalue weighted by Gasteiger charge is 2.09. The predicted molar refractivity (Wildman–Crippen MR) is 80.5 cm³/mol. The number of rotatable bonds is 6. The summed E-state index contributed by atoms with van der Waals surface area (Å²) in [6.45, 7) is -0.00855. The molecule has 0 heterocycles. The van der Waals surface area contributed by atoms with Gasteiger partial charge in [0.1, 0.15) is 18.5 Å². The zero-order valence-electron chi connectivity index (χ0n) is 11.0. The van der Waals surface area contributed by atoms with Crippen molar-refractivity contribution in [3.63, 3.8) is 0 Å². The van der Waals surface area contributed by atoms with Crippen molar-refractivity contribution in [1.82, 2.24) is 0 Å². The monoisotopic (exact) mass is 357 g/mol. The van der Waals surface area contributed by atoms with Crippen molar-refractivity contribution in [3.05, 3.63) is 58.6 Å². The number of aliphatic hydroxyl groups is 1. The third kappa shape index (κ3) is 4.68. The summed E-state index contributed by atoms with van der Waals surface area (Å²) in [5, 5.41) is 12.6. The highest BCUT2D eigenvalue weighted by atomic mass is 79.9. The van der Waals surface area contributed by atoms with Gasteiger partial charge in [0.2, 0.25) is 0 Å². The molecular weight excluding hydrogens is 344 g/mol. The van der Waals surface area contributed by atoms with Crippen molar-refractivity contribution in [3.8, 4) is 5.75 Å². The molecule has 1 atom stereocenters. The van der Waals surface area contributed by atoms with Gasteiger partial charge in [0, 0.05) is 11.0 Å². The van der Waals surface area contributed by atoms with Crippen LogP contribution in [0.3, 0.4) is 0 Å². The van der Waals surface area contributed by atoms with E-state index in [-0.39, 0.29) is 24.6 Å². The Labute approximate surface area is 129 Å². The Kier molecular flexibility index (Phi) is 5.52. The van der Waals surface area contributed by atoms with E-state index in [4.69, 9.17) is 4.74 Å². The number of ether oxygens (including phenoxy) is 1. The fourth-order valence-electron chi connectivity index (χ4n) is 1.67. The first-order valence-electron chi connectivity index (χ1n) is 6.30. The first kappa shape index (κ1) is 15.7. The number of nitrogens with one attached hydrogen (secondary N) is 1. The minimum atomic E-state index is -0.900. The first-order valence-corrected chi connectivity index (χ1v) is 7.10. The SMILES string of the molecule is OC(CNc1cc(Br)ccc1F)COc1ccccc1F. The Hall–Kier alpha value is -1.66. The molecule has 2 rings (SSSR count). The van der Waals surface area contributed by atoms with Gasteiger partial charge in [-0.05, 0) is 30.3 Å². The van der Waals surface area contributed by atoms with Crippen LogP contribution in [0.2, 0.25) is 0 Å². The van der Waals surface area contributed by atoms with Crippen LogP contribution in [0.1, 0.15) is 0 Å². The summed E-state index contributed by atoms with van der Waals surface area (Å²) in [6, 6.07) is 10.4. The minimum Gasteiger partial charge on any atom is -0.488 e. The molecule has 0 amide bonds. The molecule has 0 fully saturated rings. The lowest BCUT2D eigenvalue weighted by molar-refractivity contribution is 0.115. The number of benzene rings is 2. The standard InChI is InChI=1S/C15H14BrF2NO2/c16-10-5-6-12(17)14(7-10)19-8-11(20)9-21-15-4-2-1-3-13(15)18/h1-7,11,19-20H,8-9H2. The van der Waals surface area contributed by atoms with Gasteiger partial charge < -0.3 is 15.2 Å². The summed E-state index contributed by atoms with van der Waals surface area (Å²) in [6.07, 6.45) is -0.900. The largest absolute Gasteiger partial charge is 0.488 e. The second kappa shape index (κ2) is 7.38. The van der Waals surface area contributed by atoms with Crippen LogP contribution in [0.15, 0.2) is 46.9 Å². The lowest BCUT2D eigenvalue weighted by atomic mass is 10.3. The zero-order chi connectivity index (χ0) is 15.2. The van der Waals surface area contributed by atoms with E-state index < -0.39 is 17.7 Å². The second-order valence-electron chi connectivity index (χ2n) is 4.40. The van der Waals surface area contributed by atoms with Crippen LogP contribution in [0.4, 0.5) is 14.5 Å². The Morgan fingerprint density at radius 2 is 1.90 bits per heavy atom. The Morgan fingerprint density at radius 3 is 2.67 bits per heavy atom. The summed E-state index contributed by atoms with van der Waals surface area (Å²) in [7, 11) is 0. The molecule has 1 unspecified atom stereocenters. The average molecular weight is 358 g/mol. The van der Waals surface area contributed by atoms with E-state index >= 15 is 0 Å². The van der Waals surface area contributed by atoms with Crippen molar-refractivity contribution in [2.24, 2.45) is 0 Å². The number of para-hydroxylation sites is 1. The van der Waals surface area contributed by atoms with E-state index in [1.54, 1.807) is 24.3 Å². The normalized spacial score (nSPS) is 12.0. The molecule has 0 spiro atoms. The molecule has 0 aliphatic rings. The fourth-order valence-corrected chi connectivity index (χ4v) is 2.03. The molecule has 2 N–H and O–H groups in total. The smallest absolute Gasteiger partial charge is 0.165 e. The molecule has 112 valence electrons. The first-order chi connectivity index (χ1) is 10.1. The van der Waals surface area contributed by atoms with Gasteiger partial charge in [-0.2, -0.15) is 0 Å². The van der Waals surface area contributed by atoms with Crippen molar-refractivity contribution >= 4 is 21.6 Å². The van der Waals surface area contributed by atoms with E-state index in [9.17, 15) is 13.9 Å². The number of aliphatic hydroxyl groups excluding tert-OH is 1. The van der Waals surface area contributed by atoms with Crippen LogP contribution in [-0.2, 0) is 0 Å². The summed E-state index contributed by atoms with van der Waals surface area (Å²) >= 11 is 3.24. The van der Waals surface area contributed by atoms with Gasteiger partial charge in [-0.15, -0.1) is 0 Å². The van der Waals surface area contributed by atoms with Crippen molar-refractivity contribution < 1.29 is 18.6 Å². The molecule has 0 aromatic heterocycles. The Balaban J connectivity index is 1.84. The molecule has 2 aromatic carbocycles. The predicted octanol–water partition coefficient (Wildman–Crippen LogP) is 3.58. The summed E-state index contributed by atoms with van der Waals surface area (Å²) in [4.78, 5) is 0. The number of hydrogen-bond donors (Lipinski definition) is 2. The quantitative estimate of drug-likeness (QED) is 0.830. The molecule has 0 radical (unpaired) electrons. The molecule has 0 aliphatic heterocycles. The van der Waals surface area contributed by atoms with Crippen molar-refractivity contribution in [2.75, 3.05) is 18.5 Å². The summed E-state index contributed by atoms with van der Waals surface area (Å²) in [5.74, 6) is -0.832. The molecule has 2 aromatic rings. The second-order valence-corrected chi connectivity index (χ2v) is 5.32. The number of halogens is 3. The number of anilines is 1. The molecule has 0 bridgehead atoms. The maximum Gasteiger partial charge on any atom is 0.165 e. The van der Waals surface area contributed by atoms with Gasteiger partial charge in [-0.1, -0.05) is 28.1 Å². The van der Waals surface area contributed by atoms with Crippen molar-refractivity contribution in [2.45, 2.75) is 6.10 Å². The van der Waals surface area contributed by atoms with E-state index in [0.29, 0.717) is 0 Å². The van der Waals surface area contributed by atoms with Crippen LogP contribution in [-0.4, -0.2) is 24.4 Å². The highest BCUT2D eigenvalue weighted by molar-refractivity contribution is 9.10. The zero-order valence-corrected chi connectivity index (χ0v) is 12.6. The van der Waals surface area contributed by atoms with Gasteiger partial charge in [-0.3, -0.25) is 0 Å². The Morgan fingerprint density at radius 1 is 1.14 bits per heavy atom. The lowest BCUT2D eigenvalue weighted by Gasteiger charge is -2.15. The van der Waals surface area contributed by atoms with E-state index in [1.807, 2.05) is 0 Å². The van der Waals surface area contributed by atoms with Gasteiger partial charge in [0.25, 0.3) is 0 Å². The van der Waals surface area contributed by atoms with Gasteiger partial charge in [-0.25, -0.2) is 8.78 Å². The molecule has 0 aliphatic carbocycles. The van der Waals surface area contributed by atoms with E-state index in [1.165, 1.54) is 18.2 Å². The minimum absolute atomic E-state index is 0.0742.